The average molecular weight is 433 g/mol. The molecule has 2 heterocycles. The second-order valence-corrected chi connectivity index (χ2v) is 8.47. The Kier molecular flexibility index (Phi) is 7.10. The third kappa shape index (κ3) is 5.69. The summed E-state index contributed by atoms with van der Waals surface area (Å²) in [6.45, 7) is 3.53. The number of rotatable bonds is 7. The van der Waals surface area contributed by atoms with E-state index in [1.807, 2.05) is 24.3 Å². The Bertz CT molecular complexity index is 1040. The van der Waals surface area contributed by atoms with E-state index in [0.29, 0.717) is 17.9 Å². The zero-order chi connectivity index (χ0) is 22.3. The van der Waals surface area contributed by atoms with Gasteiger partial charge in [-0.15, -0.1) is 0 Å². The molecule has 1 saturated heterocycles. The van der Waals surface area contributed by atoms with Gasteiger partial charge in [-0.2, -0.15) is 0 Å². The van der Waals surface area contributed by atoms with Crippen LogP contribution in [0.3, 0.4) is 0 Å². The Morgan fingerprint density at radius 3 is 2.84 bits per heavy atom. The van der Waals surface area contributed by atoms with E-state index in [1.165, 1.54) is 17.7 Å². The zero-order valence-corrected chi connectivity index (χ0v) is 18.4. The predicted molar refractivity (Wildman–Crippen MR) is 125 cm³/mol. The summed E-state index contributed by atoms with van der Waals surface area (Å²) < 4.78 is 13.6. The van der Waals surface area contributed by atoms with Crippen LogP contribution in [0.2, 0.25) is 0 Å². The molecule has 1 aromatic heterocycles. The summed E-state index contributed by atoms with van der Waals surface area (Å²) in [6, 6.07) is 18.6. The number of aryl methyl sites for hydroxylation is 1. The van der Waals surface area contributed by atoms with Crippen molar-refractivity contribution in [3.8, 4) is 11.4 Å². The molecule has 6 heteroatoms. The fourth-order valence-electron chi connectivity index (χ4n) is 4.15. The molecule has 2 unspecified atom stereocenters. The molecule has 0 saturated carbocycles. The number of nitrogens with one attached hydrogen (secondary N) is 1. The molecule has 1 N–H and O–H groups in total. The molecule has 2 atom stereocenters. The van der Waals surface area contributed by atoms with Gasteiger partial charge in [0.15, 0.2) is 5.82 Å². The highest BCUT2D eigenvalue weighted by molar-refractivity contribution is 5.79. The monoisotopic (exact) mass is 432 g/mol. The molecule has 0 aliphatic carbocycles. The fourth-order valence-corrected chi connectivity index (χ4v) is 4.15. The first kappa shape index (κ1) is 21.9. The first-order valence-corrected chi connectivity index (χ1v) is 11.3. The normalized spacial score (nSPS) is 17.1. The van der Waals surface area contributed by atoms with E-state index < -0.39 is 0 Å². The van der Waals surface area contributed by atoms with Gasteiger partial charge in [0.1, 0.15) is 11.6 Å². The van der Waals surface area contributed by atoms with Gasteiger partial charge in [-0.3, -0.25) is 4.79 Å². The summed E-state index contributed by atoms with van der Waals surface area (Å²) in [5.74, 6) is 0.981. The molecule has 32 heavy (non-hydrogen) atoms. The van der Waals surface area contributed by atoms with Crippen molar-refractivity contribution in [1.82, 2.24) is 15.3 Å². The Morgan fingerprint density at radius 1 is 1.19 bits per heavy atom. The van der Waals surface area contributed by atoms with E-state index in [0.717, 1.165) is 38.0 Å². The Balaban J connectivity index is 1.36. The maximum Gasteiger partial charge on any atom is 0.225 e. The van der Waals surface area contributed by atoms with Crippen LogP contribution in [-0.4, -0.2) is 35.0 Å². The van der Waals surface area contributed by atoms with Gasteiger partial charge in [-0.1, -0.05) is 42.5 Å². The van der Waals surface area contributed by atoms with Crippen LogP contribution >= 0.6 is 0 Å². The largest absolute Gasteiger partial charge is 0.356 e. The maximum absolute atomic E-state index is 13.6. The van der Waals surface area contributed by atoms with Crippen molar-refractivity contribution in [1.29, 1.82) is 0 Å². The van der Waals surface area contributed by atoms with E-state index in [1.54, 1.807) is 18.3 Å². The van der Waals surface area contributed by atoms with E-state index in [-0.39, 0.29) is 23.7 Å². The number of halogens is 1. The summed E-state index contributed by atoms with van der Waals surface area (Å²) in [6.07, 6.45) is 5.35. The van der Waals surface area contributed by atoms with Gasteiger partial charge in [0.2, 0.25) is 5.91 Å². The van der Waals surface area contributed by atoms with Crippen LogP contribution < -0.4 is 10.2 Å². The van der Waals surface area contributed by atoms with Crippen molar-refractivity contribution in [2.75, 3.05) is 18.0 Å². The number of aromatic nitrogens is 2. The van der Waals surface area contributed by atoms with E-state index in [9.17, 15) is 9.18 Å². The summed E-state index contributed by atoms with van der Waals surface area (Å²) in [5, 5.41) is 3.20. The average Bonchev–Trinajstić information content (AvgIpc) is 2.83. The Labute approximate surface area is 188 Å². The molecule has 1 aliphatic heterocycles. The van der Waals surface area contributed by atoms with Crippen molar-refractivity contribution < 1.29 is 9.18 Å². The number of carbonyl (C=O) groups is 1. The summed E-state index contributed by atoms with van der Waals surface area (Å²) in [5.41, 5.74) is 1.93. The second-order valence-electron chi connectivity index (χ2n) is 8.47. The van der Waals surface area contributed by atoms with Crippen LogP contribution in [-0.2, 0) is 11.2 Å². The third-order valence-electron chi connectivity index (χ3n) is 5.94. The summed E-state index contributed by atoms with van der Waals surface area (Å²) in [4.78, 5) is 24.0. The Hall–Kier alpha value is -3.28. The number of carbonyl (C=O) groups excluding carboxylic acids is 1. The second kappa shape index (κ2) is 10.4. The quantitative estimate of drug-likeness (QED) is 0.591. The van der Waals surface area contributed by atoms with Crippen LogP contribution in [0.25, 0.3) is 11.4 Å². The van der Waals surface area contributed by atoms with Gasteiger partial charge in [-0.05, 0) is 56.4 Å². The van der Waals surface area contributed by atoms with Crippen molar-refractivity contribution in [2.24, 2.45) is 5.92 Å². The highest BCUT2D eigenvalue weighted by Gasteiger charge is 2.27. The summed E-state index contributed by atoms with van der Waals surface area (Å²) >= 11 is 0. The van der Waals surface area contributed by atoms with Gasteiger partial charge in [0.25, 0.3) is 0 Å². The van der Waals surface area contributed by atoms with Gasteiger partial charge >= 0.3 is 0 Å². The van der Waals surface area contributed by atoms with Crippen LogP contribution in [0.4, 0.5) is 10.2 Å². The van der Waals surface area contributed by atoms with Crippen molar-refractivity contribution in [2.45, 2.75) is 38.6 Å². The van der Waals surface area contributed by atoms with E-state index in [4.69, 9.17) is 0 Å². The molecule has 166 valence electrons. The number of hydrogen-bond acceptors (Lipinski definition) is 4. The molecule has 4 rings (SSSR count). The van der Waals surface area contributed by atoms with Gasteiger partial charge < -0.3 is 10.2 Å². The molecule has 1 fully saturated rings. The first-order chi connectivity index (χ1) is 15.6. The molecule has 5 nitrogen and oxygen atoms in total. The number of amides is 1. The summed E-state index contributed by atoms with van der Waals surface area (Å²) in [7, 11) is 0. The predicted octanol–water partition coefficient (Wildman–Crippen LogP) is 4.64. The minimum Gasteiger partial charge on any atom is -0.356 e. The highest BCUT2D eigenvalue weighted by atomic mass is 19.1. The topological polar surface area (TPSA) is 58.1 Å². The lowest BCUT2D eigenvalue weighted by atomic mass is 9.96. The van der Waals surface area contributed by atoms with E-state index in [2.05, 4.69) is 39.2 Å². The molecular formula is C26H29FN4O. The molecule has 1 amide bonds. The van der Waals surface area contributed by atoms with Crippen LogP contribution in [0.5, 0.6) is 0 Å². The SMILES string of the molecule is CC(CCc1ccccc1)NC(=O)C1CCCN(c2ccnc(-c3cccc(F)c3)n2)C1. The van der Waals surface area contributed by atoms with Crippen molar-refractivity contribution in [3.63, 3.8) is 0 Å². The van der Waals surface area contributed by atoms with Crippen molar-refractivity contribution >= 4 is 11.7 Å². The van der Waals surface area contributed by atoms with E-state index >= 15 is 0 Å². The lowest BCUT2D eigenvalue weighted by molar-refractivity contribution is -0.125. The maximum atomic E-state index is 13.6. The number of benzene rings is 2. The number of piperidine rings is 1. The third-order valence-corrected chi connectivity index (χ3v) is 5.94. The number of nitrogens with zero attached hydrogens (tertiary/aromatic N) is 3. The lowest BCUT2D eigenvalue weighted by Gasteiger charge is -2.33. The van der Waals surface area contributed by atoms with Crippen LogP contribution in [0, 0.1) is 11.7 Å². The molecule has 3 aromatic rings. The van der Waals surface area contributed by atoms with Gasteiger partial charge in [0.05, 0.1) is 5.92 Å². The zero-order valence-electron chi connectivity index (χ0n) is 18.4. The van der Waals surface area contributed by atoms with Crippen molar-refractivity contribution in [3.05, 3.63) is 78.2 Å². The lowest BCUT2D eigenvalue weighted by Crippen LogP contribution is -2.45. The van der Waals surface area contributed by atoms with Gasteiger partial charge in [-0.25, -0.2) is 14.4 Å². The number of anilines is 1. The smallest absolute Gasteiger partial charge is 0.225 e. The van der Waals surface area contributed by atoms with Gasteiger partial charge in [0, 0.05) is 30.9 Å². The van der Waals surface area contributed by atoms with Crippen LogP contribution in [0.1, 0.15) is 31.7 Å². The molecule has 0 radical (unpaired) electrons. The standard InChI is InChI=1S/C26H29FN4O/c1-19(12-13-20-7-3-2-4-8-20)29-26(32)22-10-6-16-31(18-22)24-14-15-28-25(30-24)21-9-5-11-23(27)17-21/h2-5,7-9,11,14-15,17,19,22H,6,10,12-13,16,18H2,1H3,(H,29,32). The molecule has 1 aliphatic rings. The highest BCUT2D eigenvalue weighted by Crippen LogP contribution is 2.24. The number of hydrogen-bond donors (Lipinski definition) is 1. The molecule has 0 spiro atoms. The minimum atomic E-state index is -0.312. The minimum absolute atomic E-state index is 0.0736. The van der Waals surface area contributed by atoms with Crippen LogP contribution in [0.15, 0.2) is 66.9 Å². The first-order valence-electron chi connectivity index (χ1n) is 11.3. The molecular weight excluding hydrogens is 403 g/mol. The fraction of sp³-hybridized carbons (Fsp3) is 0.346. The molecule has 0 bridgehead atoms. The molecule has 2 aromatic carbocycles. The Morgan fingerprint density at radius 2 is 2.03 bits per heavy atom.